The third kappa shape index (κ3) is 7.39. The lowest BCUT2D eigenvalue weighted by Crippen LogP contribution is -2.22. The molecule has 0 spiro atoms. The van der Waals surface area contributed by atoms with E-state index < -0.39 is 0 Å². The van der Waals surface area contributed by atoms with Crippen LogP contribution in [0.5, 0.6) is 11.5 Å². The van der Waals surface area contributed by atoms with Crippen LogP contribution >= 0.6 is 0 Å². The molecule has 0 saturated heterocycles. The first-order chi connectivity index (χ1) is 9.74. The molecule has 0 amide bonds. The molecule has 1 N–H and O–H groups in total. The Morgan fingerprint density at radius 2 is 1.70 bits per heavy atom. The molecule has 1 aromatic rings. The second-order valence-corrected chi connectivity index (χ2v) is 5.37. The van der Waals surface area contributed by atoms with Crippen LogP contribution in [-0.2, 0) is 0 Å². The highest BCUT2D eigenvalue weighted by atomic mass is 16.5. The minimum Gasteiger partial charge on any atom is -0.490 e. The predicted octanol–water partition coefficient (Wildman–Crippen LogP) is 3.88. The minimum absolute atomic E-state index is 0.661. The molecule has 1 aromatic carbocycles. The van der Waals surface area contributed by atoms with Crippen molar-refractivity contribution in [2.45, 2.75) is 40.0 Å². The van der Waals surface area contributed by atoms with E-state index in [1.54, 1.807) is 0 Å². The second-order valence-electron chi connectivity index (χ2n) is 5.37. The highest BCUT2D eigenvalue weighted by molar-refractivity contribution is 5.39. The van der Waals surface area contributed by atoms with Gasteiger partial charge in [-0.05, 0) is 37.9 Å². The Morgan fingerprint density at radius 1 is 1.00 bits per heavy atom. The lowest BCUT2D eigenvalue weighted by atomic mass is 10.1. The third-order valence-electron chi connectivity index (χ3n) is 3.07. The fourth-order valence-corrected chi connectivity index (χ4v) is 2.00. The van der Waals surface area contributed by atoms with Gasteiger partial charge in [0.2, 0.25) is 0 Å². The van der Waals surface area contributed by atoms with Crippen molar-refractivity contribution < 1.29 is 9.47 Å². The summed E-state index contributed by atoms with van der Waals surface area (Å²) in [5.74, 6) is 2.47. The molecule has 0 saturated carbocycles. The molecule has 3 nitrogen and oxygen atoms in total. The van der Waals surface area contributed by atoms with E-state index in [1.165, 1.54) is 19.3 Å². The normalized spacial score (nSPS) is 10.8. The van der Waals surface area contributed by atoms with E-state index in [9.17, 15) is 0 Å². The highest BCUT2D eigenvalue weighted by Crippen LogP contribution is 2.25. The molecule has 114 valence electrons. The van der Waals surface area contributed by atoms with Crippen LogP contribution in [0.15, 0.2) is 24.3 Å². The molecule has 0 bridgehead atoms. The molecule has 0 aliphatic rings. The summed E-state index contributed by atoms with van der Waals surface area (Å²) in [6.45, 7) is 9.82. The average molecular weight is 279 g/mol. The fraction of sp³-hybridized carbons (Fsp3) is 0.647. The molecule has 0 aliphatic heterocycles. The number of hydrogen-bond donors (Lipinski definition) is 1. The summed E-state index contributed by atoms with van der Waals surface area (Å²) in [7, 11) is 0. The van der Waals surface area contributed by atoms with Gasteiger partial charge in [0.05, 0.1) is 6.61 Å². The van der Waals surface area contributed by atoms with Gasteiger partial charge in [-0.15, -0.1) is 0 Å². The van der Waals surface area contributed by atoms with Crippen molar-refractivity contribution in [1.29, 1.82) is 0 Å². The Balaban J connectivity index is 2.09. The van der Waals surface area contributed by atoms with Gasteiger partial charge in [-0.1, -0.05) is 38.8 Å². The zero-order valence-corrected chi connectivity index (χ0v) is 13.2. The lowest BCUT2D eigenvalue weighted by molar-refractivity contribution is 0.275. The topological polar surface area (TPSA) is 30.5 Å². The molecule has 0 atom stereocenters. The van der Waals surface area contributed by atoms with Crippen molar-refractivity contribution >= 4 is 0 Å². The molecule has 0 heterocycles. The minimum atomic E-state index is 0.661. The zero-order valence-electron chi connectivity index (χ0n) is 13.2. The van der Waals surface area contributed by atoms with Crippen LogP contribution in [0.3, 0.4) is 0 Å². The van der Waals surface area contributed by atoms with Crippen molar-refractivity contribution in [3.05, 3.63) is 24.3 Å². The van der Waals surface area contributed by atoms with E-state index in [2.05, 4.69) is 19.2 Å². The predicted molar refractivity (Wildman–Crippen MR) is 84.7 cm³/mol. The number of rotatable bonds is 11. The Hall–Kier alpha value is -1.22. The molecular weight excluding hydrogens is 250 g/mol. The van der Waals surface area contributed by atoms with Gasteiger partial charge in [-0.3, -0.25) is 0 Å². The van der Waals surface area contributed by atoms with Gasteiger partial charge in [-0.25, -0.2) is 0 Å². The second kappa shape index (κ2) is 10.6. The fourth-order valence-electron chi connectivity index (χ4n) is 2.00. The van der Waals surface area contributed by atoms with E-state index in [-0.39, 0.29) is 0 Å². The van der Waals surface area contributed by atoms with Crippen LogP contribution in [0.1, 0.15) is 40.0 Å². The van der Waals surface area contributed by atoms with Crippen LogP contribution in [0, 0.1) is 5.92 Å². The molecule has 1 rings (SSSR count). The Morgan fingerprint density at radius 3 is 2.35 bits per heavy atom. The number of hydrogen-bond acceptors (Lipinski definition) is 3. The van der Waals surface area contributed by atoms with Crippen molar-refractivity contribution in [3.63, 3.8) is 0 Å². The van der Waals surface area contributed by atoms with Gasteiger partial charge >= 0.3 is 0 Å². The van der Waals surface area contributed by atoms with Crippen LogP contribution in [-0.4, -0.2) is 26.3 Å². The summed E-state index contributed by atoms with van der Waals surface area (Å²) in [6, 6.07) is 7.83. The van der Waals surface area contributed by atoms with E-state index in [0.29, 0.717) is 13.2 Å². The Kier molecular flexibility index (Phi) is 8.88. The van der Waals surface area contributed by atoms with E-state index in [4.69, 9.17) is 9.47 Å². The molecule has 0 aromatic heterocycles. The summed E-state index contributed by atoms with van der Waals surface area (Å²) in [5, 5.41) is 3.42. The number of benzene rings is 1. The lowest BCUT2D eigenvalue weighted by Gasteiger charge is -2.12. The molecule has 20 heavy (non-hydrogen) atoms. The maximum absolute atomic E-state index is 5.75. The largest absolute Gasteiger partial charge is 0.490 e. The molecule has 0 unspecified atom stereocenters. The molecule has 0 fully saturated rings. The highest BCUT2D eigenvalue weighted by Gasteiger charge is 2.02. The SMILES string of the molecule is CCOc1ccccc1OCCNCCCCC(C)C. The van der Waals surface area contributed by atoms with E-state index in [1.807, 2.05) is 31.2 Å². The average Bonchev–Trinajstić information content (AvgIpc) is 2.43. The number of nitrogens with one attached hydrogen (secondary N) is 1. The van der Waals surface area contributed by atoms with Gasteiger partial charge in [-0.2, -0.15) is 0 Å². The monoisotopic (exact) mass is 279 g/mol. The first-order valence-electron chi connectivity index (χ1n) is 7.79. The van der Waals surface area contributed by atoms with Crippen molar-refractivity contribution in [1.82, 2.24) is 5.32 Å². The van der Waals surface area contributed by atoms with Gasteiger partial charge in [0, 0.05) is 6.54 Å². The zero-order chi connectivity index (χ0) is 14.6. The first-order valence-corrected chi connectivity index (χ1v) is 7.79. The third-order valence-corrected chi connectivity index (χ3v) is 3.07. The number of ether oxygens (including phenoxy) is 2. The Bertz CT molecular complexity index is 353. The van der Waals surface area contributed by atoms with Crippen molar-refractivity contribution in [2.75, 3.05) is 26.3 Å². The smallest absolute Gasteiger partial charge is 0.161 e. The van der Waals surface area contributed by atoms with Gasteiger partial charge < -0.3 is 14.8 Å². The van der Waals surface area contributed by atoms with E-state index in [0.717, 1.165) is 30.5 Å². The van der Waals surface area contributed by atoms with Crippen LogP contribution in [0.2, 0.25) is 0 Å². The van der Waals surface area contributed by atoms with Gasteiger partial charge in [0.1, 0.15) is 6.61 Å². The van der Waals surface area contributed by atoms with Crippen LogP contribution < -0.4 is 14.8 Å². The summed E-state index contributed by atoms with van der Waals surface area (Å²) in [4.78, 5) is 0. The summed E-state index contributed by atoms with van der Waals surface area (Å²) < 4.78 is 11.3. The Labute approximate surface area is 123 Å². The maximum atomic E-state index is 5.75. The number of para-hydroxylation sites is 2. The van der Waals surface area contributed by atoms with Crippen LogP contribution in [0.25, 0.3) is 0 Å². The summed E-state index contributed by atoms with van der Waals surface area (Å²) in [5.41, 5.74) is 0. The van der Waals surface area contributed by atoms with E-state index >= 15 is 0 Å². The standard InChI is InChI=1S/C17H29NO2/c1-4-19-16-10-5-6-11-17(16)20-14-13-18-12-8-7-9-15(2)3/h5-6,10-11,15,18H,4,7-9,12-14H2,1-3H3. The quantitative estimate of drug-likeness (QED) is 0.624. The molecule has 0 aliphatic carbocycles. The van der Waals surface area contributed by atoms with Crippen molar-refractivity contribution in [3.8, 4) is 11.5 Å². The molecule has 3 heteroatoms. The molecule has 0 radical (unpaired) electrons. The molecular formula is C17H29NO2. The van der Waals surface area contributed by atoms with Gasteiger partial charge in [0.15, 0.2) is 11.5 Å². The summed E-state index contributed by atoms with van der Waals surface area (Å²) in [6.07, 6.45) is 3.87. The number of unbranched alkanes of at least 4 members (excludes halogenated alkanes) is 1. The van der Waals surface area contributed by atoms with Crippen molar-refractivity contribution in [2.24, 2.45) is 5.92 Å². The van der Waals surface area contributed by atoms with Crippen LogP contribution in [0.4, 0.5) is 0 Å². The van der Waals surface area contributed by atoms with Gasteiger partial charge in [0.25, 0.3) is 0 Å². The maximum Gasteiger partial charge on any atom is 0.161 e. The summed E-state index contributed by atoms with van der Waals surface area (Å²) >= 11 is 0. The first kappa shape index (κ1) is 16.8.